The Hall–Kier alpha value is -0.770. The summed E-state index contributed by atoms with van der Waals surface area (Å²) in [5.74, 6) is 2.03. The van der Waals surface area contributed by atoms with Crippen molar-refractivity contribution in [3.8, 4) is 0 Å². The van der Waals surface area contributed by atoms with Crippen molar-refractivity contribution in [1.82, 2.24) is 5.32 Å². The maximum Gasteiger partial charge on any atom is 0.404 e. The Bertz CT molecular complexity index is 235. The van der Waals surface area contributed by atoms with Crippen LogP contribution in [0.4, 0.5) is 4.79 Å². The topological polar surface area (TPSA) is 64.3 Å². The molecule has 3 atom stereocenters. The van der Waals surface area contributed by atoms with E-state index in [0.717, 1.165) is 44.2 Å². The Kier molecular flexibility index (Phi) is 3.14. The van der Waals surface area contributed by atoms with Gasteiger partial charge in [-0.2, -0.15) is 0 Å². The molecule has 0 aromatic rings. The van der Waals surface area contributed by atoms with E-state index >= 15 is 0 Å². The number of fused-ring (bicyclic) bond motifs is 1. The third kappa shape index (κ3) is 2.25. The summed E-state index contributed by atoms with van der Waals surface area (Å²) in [5.41, 5.74) is 5.10. The summed E-state index contributed by atoms with van der Waals surface area (Å²) in [7, 11) is 0. The van der Waals surface area contributed by atoms with Crippen LogP contribution in [0.1, 0.15) is 26.2 Å². The van der Waals surface area contributed by atoms with Gasteiger partial charge in [0.2, 0.25) is 0 Å². The van der Waals surface area contributed by atoms with Gasteiger partial charge >= 0.3 is 6.09 Å². The first-order valence-corrected chi connectivity index (χ1v) is 5.90. The molecule has 4 heteroatoms. The van der Waals surface area contributed by atoms with Gasteiger partial charge in [0.25, 0.3) is 0 Å². The number of amides is 1. The fraction of sp³-hybridized carbons (Fsp3) is 0.909. The van der Waals surface area contributed by atoms with E-state index in [2.05, 4.69) is 12.2 Å². The second-order valence-corrected chi connectivity index (χ2v) is 4.68. The maximum absolute atomic E-state index is 10.8. The number of piperidine rings is 1. The standard InChI is InChI=1S/C11H20N2O2/c1-2-3-4-9(15-11(12)14)10-7-5-13-6-8(7)10/h7-10,13H,2-6H2,1H3,(H2,12,14). The van der Waals surface area contributed by atoms with Crippen molar-refractivity contribution in [3.05, 3.63) is 0 Å². The Balaban J connectivity index is 1.85. The van der Waals surface area contributed by atoms with Crippen LogP contribution < -0.4 is 11.1 Å². The first-order valence-electron chi connectivity index (χ1n) is 5.90. The molecule has 1 aliphatic carbocycles. The number of hydrogen-bond donors (Lipinski definition) is 2. The van der Waals surface area contributed by atoms with Gasteiger partial charge in [-0.3, -0.25) is 0 Å². The molecule has 0 radical (unpaired) electrons. The van der Waals surface area contributed by atoms with Crippen LogP contribution in [-0.2, 0) is 4.74 Å². The van der Waals surface area contributed by atoms with Crippen LogP contribution >= 0.6 is 0 Å². The van der Waals surface area contributed by atoms with E-state index in [1.165, 1.54) is 0 Å². The zero-order chi connectivity index (χ0) is 10.8. The number of unbranched alkanes of at least 4 members (excludes halogenated alkanes) is 1. The van der Waals surface area contributed by atoms with Crippen LogP contribution in [0.25, 0.3) is 0 Å². The highest BCUT2D eigenvalue weighted by Gasteiger charge is 2.57. The van der Waals surface area contributed by atoms with Gasteiger partial charge in [-0.05, 0) is 31.3 Å². The molecule has 3 N–H and O–H groups in total. The fourth-order valence-corrected chi connectivity index (χ4v) is 2.90. The summed E-state index contributed by atoms with van der Waals surface area (Å²) in [6, 6.07) is 0. The molecule has 1 saturated carbocycles. The van der Waals surface area contributed by atoms with E-state index in [0.29, 0.717) is 5.92 Å². The summed E-state index contributed by atoms with van der Waals surface area (Å²) in [5, 5.41) is 3.34. The van der Waals surface area contributed by atoms with Gasteiger partial charge in [-0.1, -0.05) is 19.8 Å². The number of carbonyl (C=O) groups excluding carboxylic acids is 1. The molecule has 2 fully saturated rings. The molecule has 1 amide bonds. The molecule has 1 heterocycles. The number of primary amides is 1. The van der Waals surface area contributed by atoms with Crippen molar-refractivity contribution in [3.63, 3.8) is 0 Å². The lowest BCUT2D eigenvalue weighted by Crippen LogP contribution is -2.28. The monoisotopic (exact) mass is 212 g/mol. The molecule has 0 bridgehead atoms. The number of nitrogens with two attached hydrogens (primary N) is 1. The van der Waals surface area contributed by atoms with Crippen LogP contribution in [0.2, 0.25) is 0 Å². The number of carbonyl (C=O) groups is 1. The van der Waals surface area contributed by atoms with E-state index < -0.39 is 6.09 Å². The first kappa shape index (κ1) is 10.7. The van der Waals surface area contributed by atoms with Crippen molar-refractivity contribution < 1.29 is 9.53 Å². The summed E-state index contributed by atoms with van der Waals surface area (Å²) in [6.07, 6.45) is 2.67. The smallest absolute Gasteiger partial charge is 0.404 e. The highest BCUT2D eigenvalue weighted by atomic mass is 16.6. The molecule has 3 unspecified atom stereocenters. The lowest BCUT2D eigenvalue weighted by molar-refractivity contribution is 0.0786. The van der Waals surface area contributed by atoms with E-state index in [1.54, 1.807) is 0 Å². The molecule has 15 heavy (non-hydrogen) atoms. The van der Waals surface area contributed by atoms with Gasteiger partial charge in [-0.25, -0.2) is 4.79 Å². The van der Waals surface area contributed by atoms with Gasteiger partial charge in [0.15, 0.2) is 0 Å². The Morgan fingerprint density at radius 1 is 1.53 bits per heavy atom. The number of ether oxygens (including phenoxy) is 1. The molecule has 2 aliphatic rings. The SMILES string of the molecule is CCCCC(OC(N)=O)C1C2CNCC21. The first-order chi connectivity index (χ1) is 7.24. The lowest BCUT2D eigenvalue weighted by atomic mass is 10.1. The lowest BCUT2D eigenvalue weighted by Gasteiger charge is -2.18. The van der Waals surface area contributed by atoms with Gasteiger partial charge < -0.3 is 15.8 Å². The molecule has 0 aromatic carbocycles. The summed E-state index contributed by atoms with van der Waals surface area (Å²) >= 11 is 0. The Morgan fingerprint density at radius 2 is 2.20 bits per heavy atom. The molecule has 0 aromatic heterocycles. The van der Waals surface area contributed by atoms with E-state index in [1.807, 2.05) is 0 Å². The van der Waals surface area contributed by atoms with Crippen LogP contribution in [0, 0.1) is 17.8 Å². The molecule has 4 nitrogen and oxygen atoms in total. The average Bonchev–Trinajstić information content (AvgIpc) is 2.67. The van der Waals surface area contributed by atoms with Crippen molar-refractivity contribution >= 4 is 6.09 Å². The highest BCUT2D eigenvalue weighted by molar-refractivity contribution is 5.64. The van der Waals surface area contributed by atoms with Crippen LogP contribution in [-0.4, -0.2) is 25.3 Å². The number of nitrogens with one attached hydrogen (secondary N) is 1. The summed E-state index contributed by atoms with van der Waals surface area (Å²) in [4.78, 5) is 10.8. The van der Waals surface area contributed by atoms with Crippen LogP contribution in [0.3, 0.4) is 0 Å². The van der Waals surface area contributed by atoms with Crippen LogP contribution in [0.5, 0.6) is 0 Å². The highest BCUT2D eigenvalue weighted by Crippen LogP contribution is 2.52. The minimum Gasteiger partial charge on any atom is -0.446 e. The van der Waals surface area contributed by atoms with Crippen LogP contribution in [0.15, 0.2) is 0 Å². The Morgan fingerprint density at radius 3 is 2.73 bits per heavy atom. The molecule has 1 aliphatic heterocycles. The third-order valence-corrected chi connectivity index (χ3v) is 3.70. The van der Waals surface area contributed by atoms with Crippen molar-refractivity contribution in [2.45, 2.75) is 32.3 Å². The molecular weight excluding hydrogens is 192 g/mol. The quantitative estimate of drug-likeness (QED) is 0.717. The molecule has 1 saturated heterocycles. The minimum absolute atomic E-state index is 0.0690. The second kappa shape index (κ2) is 4.39. The van der Waals surface area contributed by atoms with E-state index in [-0.39, 0.29) is 6.10 Å². The number of rotatable bonds is 5. The van der Waals surface area contributed by atoms with Gasteiger partial charge in [0.1, 0.15) is 6.10 Å². The average molecular weight is 212 g/mol. The predicted molar refractivity (Wildman–Crippen MR) is 57.3 cm³/mol. The van der Waals surface area contributed by atoms with E-state index in [9.17, 15) is 4.79 Å². The summed E-state index contributed by atoms with van der Waals surface area (Å²) in [6.45, 7) is 4.32. The minimum atomic E-state index is -0.617. The predicted octanol–water partition coefficient (Wildman–Crippen LogP) is 1.11. The number of hydrogen-bond acceptors (Lipinski definition) is 3. The molecule has 0 spiro atoms. The molecule has 2 rings (SSSR count). The Labute approximate surface area is 90.5 Å². The summed E-state index contributed by atoms with van der Waals surface area (Å²) < 4.78 is 5.22. The largest absolute Gasteiger partial charge is 0.446 e. The van der Waals surface area contributed by atoms with E-state index in [4.69, 9.17) is 10.5 Å². The zero-order valence-corrected chi connectivity index (χ0v) is 9.24. The third-order valence-electron chi connectivity index (χ3n) is 3.70. The fourth-order valence-electron chi connectivity index (χ4n) is 2.90. The second-order valence-electron chi connectivity index (χ2n) is 4.68. The van der Waals surface area contributed by atoms with Gasteiger partial charge in [-0.15, -0.1) is 0 Å². The molecule has 86 valence electrons. The van der Waals surface area contributed by atoms with Gasteiger partial charge in [0.05, 0.1) is 0 Å². The maximum atomic E-state index is 10.8. The molecular formula is C11H20N2O2. The van der Waals surface area contributed by atoms with Crippen molar-refractivity contribution in [2.75, 3.05) is 13.1 Å². The van der Waals surface area contributed by atoms with Gasteiger partial charge in [0, 0.05) is 5.92 Å². The van der Waals surface area contributed by atoms with Crippen molar-refractivity contribution in [1.29, 1.82) is 0 Å². The normalized spacial score (nSPS) is 34.6. The van der Waals surface area contributed by atoms with Crippen molar-refractivity contribution in [2.24, 2.45) is 23.5 Å². The zero-order valence-electron chi connectivity index (χ0n) is 9.24.